The molecule has 2 aromatic carbocycles. The third kappa shape index (κ3) is 8.57. The van der Waals surface area contributed by atoms with Crippen LogP contribution in [-0.2, 0) is 22.7 Å². The lowest BCUT2D eigenvalue weighted by molar-refractivity contribution is -0.115. The highest BCUT2D eigenvalue weighted by molar-refractivity contribution is 5.44. The Balaban J connectivity index is 0.000000219. The van der Waals surface area contributed by atoms with E-state index in [1.54, 1.807) is 0 Å². The summed E-state index contributed by atoms with van der Waals surface area (Å²) in [5.74, 6) is 0. The van der Waals surface area contributed by atoms with Gasteiger partial charge in [-0.25, -0.2) is 0 Å². The molecule has 0 radical (unpaired) electrons. The maximum atomic E-state index is 9.76. The van der Waals surface area contributed by atoms with Crippen molar-refractivity contribution in [3.63, 3.8) is 0 Å². The van der Waals surface area contributed by atoms with Gasteiger partial charge in [0.1, 0.15) is 0 Å². The van der Waals surface area contributed by atoms with Crippen LogP contribution in [0.3, 0.4) is 0 Å². The summed E-state index contributed by atoms with van der Waals surface area (Å²) in [4.78, 5) is 14.6. The largest absolute Gasteiger partial charge is 0.278 e. The first kappa shape index (κ1) is 16.9. The molecule has 2 N–H and O–H groups in total. The van der Waals surface area contributed by atoms with Crippen molar-refractivity contribution in [2.45, 2.75) is 26.4 Å². The quantitative estimate of drug-likeness (QED) is 0.467. The number of aryl methyl sites for hydroxylation is 1. The van der Waals surface area contributed by atoms with Crippen molar-refractivity contribution in [2.24, 2.45) is 0 Å². The van der Waals surface area contributed by atoms with Crippen LogP contribution in [0.15, 0.2) is 60.7 Å². The molecule has 0 unspecified atom stereocenters. The van der Waals surface area contributed by atoms with Crippen molar-refractivity contribution in [1.82, 2.24) is 11.0 Å². The van der Waals surface area contributed by atoms with E-state index in [1.165, 1.54) is 18.4 Å². The Bertz CT molecular complexity index is 475. The molecular formula is C17H22N2O2. The molecule has 0 aliphatic rings. The van der Waals surface area contributed by atoms with Gasteiger partial charge in [-0.1, -0.05) is 74.0 Å². The van der Waals surface area contributed by atoms with E-state index in [0.717, 1.165) is 5.56 Å². The molecule has 112 valence electrons. The molecule has 0 saturated heterocycles. The minimum absolute atomic E-state index is 0.418. The summed E-state index contributed by atoms with van der Waals surface area (Å²) in [5.41, 5.74) is 6.92. The van der Waals surface area contributed by atoms with E-state index in [0.29, 0.717) is 13.0 Å². The summed E-state index contributed by atoms with van der Waals surface area (Å²) in [6.45, 7) is 2.62. The number of nitrogens with one attached hydrogen (secondary N) is 2. The van der Waals surface area contributed by atoms with Gasteiger partial charge >= 0.3 is 0 Å². The Hall–Kier alpha value is -2.17. The fraction of sp³-hybridized carbons (Fsp3) is 0.235. The van der Waals surface area contributed by atoms with Crippen molar-refractivity contribution in [1.29, 1.82) is 0 Å². The van der Waals surface area contributed by atoms with Gasteiger partial charge in [-0.3, -0.25) is 15.1 Å². The predicted molar refractivity (Wildman–Crippen MR) is 84.0 cm³/mol. The lowest BCUT2D eigenvalue weighted by Crippen LogP contribution is -2.30. The molecular weight excluding hydrogens is 264 g/mol. The van der Waals surface area contributed by atoms with E-state index >= 15 is 0 Å². The number of rotatable bonds is 7. The molecule has 0 aromatic heterocycles. The van der Waals surface area contributed by atoms with Crippen LogP contribution < -0.4 is 11.0 Å². The Morgan fingerprint density at radius 3 is 2.05 bits per heavy atom. The number of hydrogen-bond donors (Lipinski definition) is 2. The second kappa shape index (κ2) is 11.6. The van der Waals surface area contributed by atoms with Crippen molar-refractivity contribution >= 4 is 6.41 Å². The van der Waals surface area contributed by atoms with Crippen LogP contribution in [0.2, 0.25) is 0 Å². The molecule has 21 heavy (non-hydrogen) atoms. The maximum absolute atomic E-state index is 9.76. The zero-order valence-corrected chi connectivity index (χ0v) is 12.3. The highest BCUT2D eigenvalue weighted by atomic mass is 16.7. The minimum Gasteiger partial charge on any atom is -0.278 e. The number of carbonyl (C=O) groups excluding carboxylic acids is 1. The second-order valence-electron chi connectivity index (χ2n) is 4.37. The van der Waals surface area contributed by atoms with Crippen LogP contribution in [0.1, 0.15) is 24.5 Å². The lowest BCUT2D eigenvalue weighted by Gasteiger charge is -2.02. The van der Waals surface area contributed by atoms with Gasteiger partial charge in [0.25, 0.3) is 0 Å². The number of amides is 1. The van der Waals surface area contributed by atoms with E-state index in [2.05, 4.69) is 48.3 Å². The van der Waals surface area contributed by atoms with Gasteiger partial charge in [-0.2, -0.15) is 0 Å². The van der Waals surface area contributed by atoms with Crippen LogP contribution >= 0.6 is 0 Å². The van der Waals surface area contributed by atoms with E-state index in [-0.39, 0.29) is 0 Å². The first-order valence-electron chi connectivity index (χ1n) is 7.00. The Morgan fingerprint density at radius 2 is 1.52 bits per heavy atom. The van der Waals surface area contributed by atoms with Crippen LogP contribution in [0, 0.1) is 0 Å². The van der Waals surface area contributed by atoms with Gasteiger partial charge in [0.2, 0.25) is 6.41 Å². The molecule has 0 atom stereocenters. The summed E-state index contributed by atoms with van der Waals surface area (Å²) >= 11 is 0. The fourth-order valence-electron chi connectivity index (χ4n) is 1.69. The van der Waals surface area contributed by atoms with Crippen molar-refractivity contribution in [2.75, 3.05) is 0 Å². The first-order valence-corrected chi connectivity index (χ1v) is 7.00. The normalized spacial score (nSPS) is 9.38. The van der Waals surface area contributed by atoms with Crippen molar-refractivity contribution < 1.29 is 9.63 Å². The topological polar surface area (TPSA) is 50.4 Å². The summed E-state index contributed by atoms with van der Waals surface area (Å²) in [6, 6.07) is 20.2. The SMILES string of the molecule is CCCc1ccccc1.O=CNNOCc1ccccc1. The molecule has 0 aliphatic heterocycles. The van der Waals surface area contributed by atoms with Gasteiger partial charge in [-0.15, -0.1) is 5.59 Å². The molecule has 0 fully saturated rings. The highest BCUT2D eigenvalue weighted by Gasteiger charge is 1.88. The van der Waals surface area contributed by atoms with Gasteiger partial charge in [-0.05, 0) is 17.5 Å². The number of hydrogen-bond acceptors (Lipinski definition) is 3. The third-order valence-electron chi connectivity index (χ3n) is 2.65. The molecule has 1 amide bonds. The first-order chi connectivity index (χ1) is 10.4. The number of benzene rings is 2. The van der Waals surface area contributed by atoms with Crippen molar-refractivity contribution in [3.8, 4) is 0 Å². The summed E-state index contributed by atoms with van der Waals surface area (Å²) in [7, 11) is 0. The molecule has 0 spiro atoms. The van der Waals surface area contributed by atoms with E-state index in [4.69, 9.17) is 4.84 Å². The predicted octanol–water partition coefficient (Wildman–Crippen LogP) is 3.01. The van der Waals surface area contributed by atoms with Gasteiger partial charge < -0.3 is 0 Å². The summed E-state index contributed by atoms with van der Waals surface area (Å²) < 4.78 is 0. The third-order valence-corrected chi connectivity index (χ3v) is 2.65. The van der Waals surface area contributed by atoms with Gasteiger partial charge in [0.05, 0.1) is 6.61 Å². The highest BCUT2D eigenvalue weighted by Crippen LogP contribution is 2.00. The van der Waals surface area contributed by atoms with Gasteiger partial charge in [0, 0.05) is 0 Å². The second-order valence-corrected chi connectivity index (χ2v) is 4.37. The monoisotopic (exact) mass is 286 g/mol. The molecule has 0 bridgehead atoms. The number of carbonyl (C=O) groups is 1. The van der Waals surface area contributed by atoms with E-state index in [1.807, 2.05) is 30.3 Å². The van der Waals surface area contributed by atoms with Crippen LogP contribution in [0.4, 0.5) is 0 Å². The standard InChI is InChI=1S/C9H12.C8H10N2O2/c1-2-6-9-7-4-3-5-8-9;11-7-9-10-12-6-8-4-2-1-3-5-8/h3-5,7-8H,2,6H2,1H3;1-5,7,10H,6H2,(H,9,11). The van der Waals surface area contributed by atoms with Crippen molar-refractivity contribution in [3.05, 3.63) is 71.8 Å². The Labute approximate surface area is 126 Å². The summed E-state index contributed by atoms with van der Waals surface area (Å²) in [5, 5.41) is 0. The smallest absolute Gasteiger partial charge is 0.223 e. The zero-order valence-electron chi connectivity index (χ0n) is 12.3. The van der Waals surface area contributed by atoms with Crippen LogP contribution in [0.25, 0.3) is 0 Å². The average Bonchev–Trinajstić information content (AvgIpc) is 2.55. The van der Waals surface area contributed by atoms with Crippen LogP contribution in [-0.4, -0.2) is 6.41 Å². The zero-order chi connectivity index (χ0) is 15.2. The molecule has 0 saturated carbocycles. The minimum atomic E-state index is 0.418. The molecule has 4 nitrogen and oxygen atoms in total. The van der Waals surface area contributed by atoms with E-state index in [9.17, 15) is 4.79 Å². The number of hydrazine groups is 1. The average molecular weight is 286 g/mol. The lowest BCUT2D eigenvalue weighted by atomic mass is 10.1. The van der Waals surface area contributed by atoms with Gasteiger partial charge in [0.15, 0.2) is 0 Å². The Kier molecular flexibility index (Phi) is 9.36. The Morgan fingerprint density at radius 1 is 0.952 bits per heavy atom. The molecule has 2 rings (SSSR count). The molecule has 0 aliphatic carbocycles. The fourth-order valence-corrected chi connectivity index (χ4v) is 1.69. The maximum Gasteiger partial charge on any atom is 0.223 e. The molecule has 0 heterocycles. The molecule has 4 heteroatoms. The summed E-state index contributed by atoms with van der Waals surface area (Å²) in [6.07, 6.45) is 2.95. The van der Waals surface area contributed by atoms with Crippen LogP contribution in [0.5, 0.6) is 0 Å². The van der Waals surface area contributed by atoms with E-state index < -0.39 is 0 Å². The molecule has 2 aromatic rings.